The first-order chi connectivity index (χ1) is 9.24. The summed E-state index contributed by atoms with van der Waals surface area (Å²) in [6.45, 7) is 0.596. The third-order valence-corrected chi connectivity index (χ3v) is 3.25. The molecule has 2 nitrogen and oxygen atoms in total. The quantitative estimate of drug-likeness (QED) is 0.740. The topological polar surface area (TPSA) is 25.2 Å². The maximum absolute atomic E-state index is 13.0. The first-order valence-electron chi connectivity index (χ1n) is 5.88. The van der Waals surface area contributed by atoms with Crippen LogP contribution in [0.4, 0.5) is 10.1 Å². The van der Waals surface area contributed by atoms with Crippen LogP contribution in [0, 0.1) is 5.82 Å². The number of rotatable bonds is 3. The van der Waals surface area contributed by atoms with Gasteiger partial charge >= 0.3 is 0 Å². The minimum absolute atomic E-state index is 0.113. The number of hydrogen-bond donors (Lipinski definition) is 1. The zero-order valence-electron chi connectivity index (χ0n) is 9.99. The molecule has 3 aromatic rings. The lowest BCUT2D eigenvalue weighted by atomic mass is 10.2. The van der Waals surface area contributed by atoms with Gasteiger partial charge in [-0.1, -0.05) is 29.8 Å². The lowest BCUT2D eigenvalue weighted by Crippen LogP contribution is -1.98. The van der Waals surface area contributed by atoms with Crippen molar-refractivity contribution in [3.05, 3.63) is 65.1 Å². The fraction of sp³-hybridized carbons (Fsp3) is 0.0667. The van der Waals surface area contributed by atoms with Gasteiger partial charge in [-0.25, -0.2) is 4.39 Å². The molecule has 0 saturated heterocycles. The lowest BCUT2D eigenvalue weighted by Gasteiger charge is -2.06. The van der Waals surface area contributed by atoms with Gasteiger partial charge in [0.2, 0.25) is 0 Å². The molecular weight excluding hydrogens is 265 g/mol. The Kier molecular flexibility index (Phi) is 3.13. The van der Waals surface area contributed by atoms with Crippen LogP contribution in [0.15, 0.2) is 53.1 Å². The fourth-order valence-electron chi connectivity index (χ4n) is 1.97. The van der Waals surface area contributed by atoms with Crippen molar-refractivity contribution in [1.29, 1.82) is 0 Å². The van der Waals surface area contributed by atoms with Gasteiger partial charge in [-0.3, -0.25) is 0 Å². The number of nitrogens with one attached hydrogen (secondary N) is 1. The van der Waals surface area contributed by atoms with Gasteiger partial charge in [-0.2, -0.15) is 0 Å². The Labute approximate surface area is 114 Å². The van der Waals surface area contributed by atoms with Crippen molar-refractivity contribution >= 4 is 28.3 Å². The van der Waals surface area contributed by atoms with E-state index in [1.807, 2.05) is 24.3 Å². The zero-order chi connectivity index (χ0) is 13.2. The van der Waals surface area contributed by atoms with Crippen LogP contribution in [0.1, 0.15) is 5.56 Å². The van der Waals surface area contributed by atoms with E-state index in [4.69, 9.17) is 16.0 Å². The van der Waals surface area contributed by atoms with Crippen molar-refractivity contribution in [2.45, 2.75) is 6.54 Å². The average Bonchev–Trinajstić information content (AvgIpc) is 2.83. The Bertz CT molecular complexity index is 723. The summed E-state index contributed by atoms with van der Waals surface area (Å²) in [6, 6.07) is 12.4. The van der Waals surface area contributed by atoms with Crippen molar-refractivity contribution in [3.63, 3.8) is 0 Å². The SMILES string of the molecule is Fc1ccc(NCc2coc3ccccc23)cc1Cl. The van der Waals surface area contributed by atoms with Gasteiger partial charge in [-0.15, -0.1) is 0 Å². The van der Waals surface area contributed by atoms with E-state index in [0.29, 0.717) is 6.54 Å². The maximum Gasteiger partial charge on any atom is 0.141 e. The highest BCUT2D eigenvalue weighted by Gasteiger charge is 2.05. The molecule has 0 aliphatic carbocycles. The predicted octanol–water partition coefficient (Wildman–Crippen LogP) is 4.84. The maximum atomic E-state index is 13.0. The van der Waals surface area contributed by atoms with Crippen LogP contribution < -0.4 is 5.32 Å². The lowest BCUT2D eigenvalue weighted by molar-refractivity contribution is 0.611. The third-order valence-electron chi connectivity index (χ3n) is 2.96. The molecular formula is C15H11ClFNO. The summed E-state index contributed by atoms with van der Waals surface area (Å²) in [4.78, 5) is 0. The molecule has 4 heteroatoms. The van der Waals surface area contributed by atoms with E-state index in [2.05, 4.69) is 5.32 Å². The van der Waals surface area contributed by atoms with Gasteiger partial charge in [0.1, 0.15) is 11.4 Å². The molecule has 1 heterocycles. The van der Waals surface area contributed by atoms with Crippen molar-refractivity contribution in [2.24, 2.45) is 0 Å². The number of hydrogen-bond acceptors (Lipinski definition) is 2. The largest absolute Gasteiger partial charge is 0.464 e. The molecule has 0 radical (unpaired) electrons. The number of benzene rings is 2. The normalized spacial score (nSPS) is 10.8. The summed E-state index contributed by atoms with van der Waals surface area (Å²) >= 11 is 5.74. The molecule has 1 N–H and O–H groups in total. The van der Waals surface area contributed by atoms with Crippen LogP contribution in [0.3, 0.4) is 0 Å². The first-order valence-corrected chi connectivity index (χ1v) is 6.26. The Balaban J connectivity index is 1.80. The van der Waals surface area contributed by atoms with Crippen molar-refractivity contribution in [3.8, 4) is 0 Å². The van der Waals surface area contributed by atoms with E-state index in [9.17, 15) is 4.39 Å². The van der Waals surface area contributed by atoms with Crippen molar-refractivity contribution < 1.29 is 8.81 Å². The molecule has 19 heavy (non-hydrogen) atoms. The smallest absolute Gasteiger partial charge is 0.141 e. The van der Waals surface area contributed by atoms with Crippen LogP contribution in [0.25, 0.3) is 11.0 Å². The van der Waals surface area contributed by atoms with Crippen molar-refractivity contribution in [2.75, 3.05) is 5.32 Å². The molecule has 96 valence electrons. The van der Waals surface area contributed by atoms with E-state index in [0.717, 1.165) is 22.2 Å². The van der Waals surface area contributed by atoms with E-state index in [1.54, 1.807) is 18.4 Å². The number of para-hydroxylation sites is 1. The molecule has 0 aliphatic rings. The van der Waals surface area contributed by atoms with Gasteiger partial charge in [0.05, 0.1) is 11.3 Å². The Morgan fingerprint density at radius 3 is 2.84 bits per heavy atom. The highest BCUT2D eigenvalue weighted by atomic mass is 35.5. The Hall–Kier alpha value is -2.00. The van der Waals surface area contributed by atoms with Gasteiger partial charge < -0.3 is 9.73 Å². The van der Waals surface area contributed by atoms with Gasteiger partial charge in [-0.05, 0) is 24.3 Å². The van der Waals surface area contributed by atoms with Crippen molar-refractivity contribution in [1.82, 2.24) is 0 Å². The van der Waals surface area contributed by atoms with Gasteiger partial charge in [0, 0.05) is 23.2 Å². The second kappa shape index (κ2) is 4.94. The summed E-state index contributed by atoms with van der Waals surface area (Å²) in [5, 5.41) is 4.38. The minimum atomic E-state index is -0.416. The highest BCUT2D eigenvalue weighted by molar-refractivity contribution is 6.31. The predicted molar refractivity (Wildman–Crippen MR) is 75.0 cm³/mol. The second-order valence-electron chi connectivity index (χ2n) is 4.24. The van der Waals surface area contributed by atoms with Gasteiger partial charge in [0.15, 0.2) is 0 Å². The van der Waals surface area contributed by atoms with E-state index < -0.39 is 5.82 Å². The molecule has 0 fully saturated rings. The average molecular weight is 276 g/mol. The molecule has 2 aromatic carbocycles. The third kappa shape index (κ3) is 2.42. The van der Waals surface area contributed by atoms with Crippen LogP contribution in [-0.4, -0.2) is 0 Å². The summed E-state index contributed by atoms with van der Waals surface area (Å²) in [5.74, 6) is -0.416. The molecule has 3 rings (SSSR count). The molecule has 0 amide bonds. The monoisotopic (exact) mass is 275 g/mol. The standard InChI is InChI=1S/C15H11ClFNO/c16-13-7-11(5-6-14(13)17)18-8-10-9-19-15-4-2-1-3-12(10)15/h1-7,9,18H,8H2. The summed E-state index contributed by atoms with van der Waals surface area (Å²) in [6.07, 6.45) is 1.72. The summed E-state index contributed by atoms with van der Waals surface area (Å²) in [5.41, 5.74) is 2.68. The fourth-order valence-corrected chi connectivity index (χ4v) is 2.15. The zero-order valence-corrected chi connectivity index (χ0v) is 10.7. The first kappa shape index (κ1) is 12.1. The second-order valence-corrected chi connectivity index (χ2v) is 4.65. The van der Waals surface area contributed by atoms with Crippen LogP contribution in [-0.2, 0) is 6.54 Å². The number of furan rings is 1. The Morgan fingerprint density at radius 1 is 1.16 bits per heavy atom. The van der Waals surface area contributed by atoms with Crippen LogP contribution >= 0.6 is 11.6 Å². The van der Waals surface area contributed by atoms with E-state index >= 15 is 0 Å². The molecule has 0 atom stereocenters. The molecule has 0 aliphatic heterocycles. The molecule has 0 saturated carbocycles. The van der Waals surface area contributed by atoms with E-state index in [-0.39, 0.29) is 5.02 Å². The number of halogens is 2. The molecule has 0 bridgehead atoms. The van der Waals surface area contributed by atoms with Crippen LogP contribution in [0.5, 0.6) is 0 Å². The minimum Gasteiger partial charge on any atom is -0.464 e. The molecule has 1 aromatic heterocycles. The van der Waals surface area contributed by atoms with Gasteiger partial charge in [0.25, 0.3) is 0 Å². The molecule has 0 spiro atoms. The number of fused-ring (bicyclic) bond motifs is 1. The summed E-state index contributed by atoms with van der Waals surface area (Å²) < 4.78 is 18.5. The number of anilines is 1. The summed E-state index contributed by atoms with van der Waals surface area (Å²) in [7, 11) is 0. The Morgan fingerprint density at radius 2 is 2.00 bits per heavy atom. The van der Waals surface area contributed by atoms with Crippen LogP contribution in [0.2, 0.25) is 5.02 Å². The van der Waals surface area contributed by atoms with E-state index in [1.165, 1.54) is 6.07 Å². The molecule has 0 unspecified atom stereocenters. The highest BCUT2D eigenvalue weighted by Crippen LogP contribution is 2.23.